The molecular formula is C23H24N4O. The van der Waals surface area contributed by atoms with Gasteiger partial charge in [0.25, 0.3) is 0 Å². The van der Waals surface area contributed by atoms with Crippen LogP contribution in [-0.4, -0.2) is 34.9 Å². The van der Waals surface area contributed by atoms with E-state index in [2.05, 4.69) is 58.5 Å². The molecule has 1 aliphatic rings. The first-order valence-electron chi connectivity index (χ1n) is 9.52. The fourth-order valence-electron chi connectivity index (χ4n) is 3.43. The average molecular weight is 372 g/mol. The van der Waals surface area contributed by atoms with Crippen molar-refractivity contribution in [3.63, 3.8) is 0 Å². The van der Waals surface area contributed by atoms with Gasteiger partial charge in [-0.2, -0.15) is 0 Å². The summed E-state index contributed by atoms with van der Waals surface area (Å²) in [5.74, 6) is 0.815. The lowest BCUT2D eigenvalue weighted by Crippen LogP contribution is -2.15. The largest absolute Gasteiger partial charge is 0.310 e. The van der Waals surface area contributed by atoms with E-state index >= 15 is 0 Å². The number of benzene rings is 1. The van der Waals surface area contributed by atoms with Crippen LogP contribution in [0.25, 0.3) is 11.1 Å². The van der Waals surface area contributed by atoms with Gasteiger partial charge in [-0.15, -0.1) is 0 Å². The molecule has 4 rings (SSSR count). The minimum absolute atomic E-state index is 0.0133. The molecule has 2 aromatic heterocycles. The zero-order valence-corrected chi connectivity index (χ0v) is 16.2. The molecule has 0 spiro atoms. The van der Waals surface area contributed by atoms with Crippen LogP contribution in [-0.2, 0) is 11.3 Å². The lowest BCUT2D eigenvalue weighted by molar-refractivity contribution is -0.117. The molecular weight excluding hydrogens is 348 g/mol. The summed E-state index contributed by atoms with van der Waals surface area (Å²) in [6, 6.07) is 18.2. The number of nitrogens with zero attached hydrogens (tertiary/aromatic N) is 3. The second-order valence-electron chi connectivity index (χ2n) is 7.56. The number of rotatable bonds is 6. The SMILES string of the molecule is CN(C)Cc1ccc(-c2ccc(NC(=O)C3CC3c3ccccn3)nc2)cc1. The average Bonchev–Trinajstić information content (AvgIpc) is 3.51. The molecule has 1 amide bonds. The minimum atomic E-state index is -0.0133. The van der Waals surface area contributed by atoms with Gasteiger partial charge in [0.15, 0.2) is 0 Å². The summed E-state index contributed by atoms with van der Waals surface area (Å²) in [5, 5.41) is 2.93. The number of pyridine rings is 2. The van der Waals surface area contributed by atoms with Gasteiger partial charge in [-0.3, -0.25) is 9.78 Å². The molecule has 1 aliphatic carbocycles. The summed E-state index contributed by atoms with van der Waals surface area (Å²) in [6.45, 7) is 0.921. The Morgan fingerprint density at radius 2 is 1.82 bits per heavy atom. The van der Waals surface area contributed by atoms with E-state index in [1.54, 1.807) is 12.4 Å². The van der Waals surface area contributed by atoms with Crippen LogP contribution in [0.3, 0.4) is 0 Å². The zero-order valence-electron chi connectivity index (χ0n) is 16.2. The van der Waals surface area contributed by atoms with Crippen LogP contribution in [0.4, 0.5) is 5.82 Å². The van der Waals surface area contributed by atoms with E-state index in [1.807, 2.05) is 30.3 Å². The van der Waals surface area contributed by atoms with Gasteiger partial charge in [-0.1, -0.05) is 30.3 Å². The molecule has 28 heavy (non-hydrogen) atoms. The van der Waals surface area contributed by atoms with E-state index in [0.717, 1.165) is 29.8 Å². The second-order valence-corrected chi connectivity index (χ2v) is 7.56. The van der Waals surface area contributed by atoms with Crippen molar-refractivity contribution in [3.05, 3.63) is 78.2 Å². The number of carbonyl (C=O) groups excluding carboxylic acids is 1. The lowest BCUT2D eigenvalue weighted by Gasteiger charge is -2.10. The van der Waals surface area contributed by atoms with E-state index in [-0.39, 0.29) is 17.7 Å². The smallest absolute Gasteiger partial charge is 0.229 e. The van der Waals surface area contributed by atoms with E-state index in [0.29, 0.717) is 5.82 Å². The molecule has 1 aromatic carbocycles. The topological polar surface area (TPSA) is 58.1 Å². The fraction of sp³-hybridized carbons (Fsp3) is 0.261. The third-order valence-electron chi connectivity index (χ3n) is 5.00. The van der Waals surface area contributed by atoms with Crippen molar-refractivity contribution >= 4 is 11.7 Å². The van der Waals surface area contributed by atoms with Gasteiger partial charge in [0.1, 0.15) is 5.82 Å². The Morgan fingerprint density at radius 3 is 2.46 bits per heavy atom. The first-order valence-corrected chi connectivity index (χ1v) is 9.52. The van der Waals surface area contributed by atoms with Crippen LogP contribution >= 0.6 is 0 Å². The van der Waals surface area contributed by atoms with Crippen molar-refractivity contribution in [2.24, 2.45) is 5.92 Å². The molecule has 3 aromatic rings. The third-order valence-corrected chi connectivity index (χ3v) is 5.00. The predicted octanol–water partition coefficient (Wildman–Crippen LogP) is 3.95. The monoisotopic (exact) mass is 372 g/mol. The second kappa shape index (κ2) is 7.90. The van der Waals surface area contributed by atoms with Crippen LogP contribution in [0, 0.1) is 5.92 Å². The van der Waals surface area contributed by atoms with Crippen LogP contribution in [0.1, 0.15) is 23.6 Å². The number of aromatic nitrogens is 2. The van der Waals surface area contributed by atoms with Gasteiger partial charge in [0.2, 0.25) is 5.91 Å². The molecule has 142 valence electrons. The van der Waals surface area contributed by atoms with Gasteiger partial charge in [-0.25, -0.2) is 4.98 Å². The molecule has 2 atom stereocenters. The van der Waals surface area contributed by atoms with E-state index < -0.39 is 0 Å². The molecule has 2 unspecified atom stereocenters. The van der Waals surface area contributed by atoms with Crippen LogP contribution in [0.15, 0.2) is 67.0 Å². The molecule has 0 saturated heterocycles. The molecule has 1 fully saturated rings. The Labute approximate surface area is 165 Å². The fourth-order valence-corrected chi connectivity index (χ4v) is 3.43. The Bertz CT molecular complexity index is 937. The van der Waals surface area contributed by atoms with Gasteiger partial charge < -0.3 is 10.2 Å². The van der Waals surface area contributed by atoms with Gasteiger partial charge in [-0.05, 0) is 55.9 Å². The molecule has 0 aliphatic heterocycles. The van der Waals surface area contributed by atoms with Crippen LogP contribution in [0.5, 0.6) is 0 Å². The predicted molar refractivity (Wildman–Crippen MR) is 111 cm³/mol. The zero-order chi connectivity index (χ0) is 19.5. The van der Waals surface area contributed by atoms with Crippen molar-refractivity contribution < 1.29 is 4.79 Å². The Morgan fingerprint density at radius 1 is 1.04 bits per heavy atom. The molecule has 5 heteroatoms. The standard InChI is InChI=1S/C23H24N4O/c1-27(2)15-16-6-8-17(9-7-16)18-10-11-22(25-14-18)26-23(28)20-13-19(20)21-5-3-4-12-24-21/h3-12,14,19-20H,13,15H2,1-2H3,(H,25,26,28). The first-order chi connectivity index (χ1) is 13.6. The number of hydrogen-bond donors (Lipinski definition) is 1. The Hall–Kier alpha value is -3.05. The first kappa shape index (κ1) is 18.3. The van der Waals surface area contributed by atoms with Gasteiger partial charge >= 0.3 is 0 Å². The Kier molecular flexibility index (Phi) is 5.17. The summed E-state index contributed by atoms with van der Waals surface area (Å²) in [5.41, 5.74) is 4.42. The summed E-state index contributed by atoms with van der Waals surface area (Å²) in [6.07, 6.45) is 4.43. The van der Waals surface area contributed by atoms with Crippen LogP contribution in [0.2, 0.25) is 0 Å². The molecule has 0 radical (unpaired) electrons. The number of anilines is 1. The summed E-state index contributed by atoms with van der Waals surface area (Å²) in [4.78, 5) is 23.4. The van der Waals surface area contributed by atoms with Crippen LogP contribution < -0.4 is 5.32 Å². The molecule has 2 heterocycles. The normalized spacial score (nSPS) is 18.1. The van der Waals surface area contributed by atoms with Gasteiger partial charge in [0.05, 0.1) is 0 Å². The van der Waals surface area contributed by atoms with E-state index in [9.17, 15) is 4.79 Å². The highest BCUT2D eigenvalue weighted by Gasteiger charge is 2.44. The highest BCUT2D eigenvalue weighted by molar-refractivity contribution is 5.94. The number of amides is 1. The Balaban J connectivity index is 1.37. The molecule has 1 N–H and O–H groups in total. The number of carbonyl (C=O) groups is 1. The maximum absolute atomic E-state index is 12.5. The van der Waals surface area contributed by atoms with Crippen molar-refractivity contribution in [1.29, 1.82) is 0 Å². The van der Waals surface area contributed by atoms with E-state index in [4.69, 9.17) is 0 Å². The van der Waals surface area contributed by atoms with Crippen molar-refractivity contribution in [2.75, 3.05) is 19.4 Å². The summed E-state index contributed by atoms with van der Waals surface area (Å²) < 4.78 is 0. The van der Waals surface area contributed by atoms with Crippen molar-refractivity contribution in [1.82, 2.24) is 14.9 Å². The van der Waals surface area contributed by atoms with Gasteiger partial charge in [0, 0.05) is 42.0 Å². The highest BCUT2D eigenvalue weighted by atomic mass is 16.2. The van der Waals surface area contributed by atoms with Crippen molar-refractivity contribution in [3.8, 4) is 11.1 Å². The quantitative estimate of drug-likeness (QED) is 0.712. The third kappa shape index (κ3) is 4.26. The maximum atomic E-state index is 12.5. The molecule has 0 bridgehead atoms. The molecule has 5 nitrogen and oxygen atoms in total. The minimum Gasteiger partial charge on any atom is -0.310 e. The summed E-state index contributed by atoms with van der Waals surface area (Å²) in [7, 11) is 4.12. The van der Waals surface area contributed by atoms with E-state index in [1.165, 1.54) is 5.56 Å². The number of nitrogens with one attached hydrogen (secondary N) is 1. The lowest BCUT2D eigenvalue weighted by atomic mass is 10.1. The summed E-state index contributed by atoms with van der Waals surface area (Å²) >= 11 is 0. The molecule has 1 saturated carbocycles. The highest BCUT2D eigenvalue weighted by Crippen LogP contribution is 2.47. The number of hydrogen-bond acceptors (Lipinski definition) is 4. The van der Waals surface area contributed by atoms with Crippen molar-refractivity contribution in [2.45, 2.75) is 18.9 Å². The maximum Gasteiger partial charge on any atom is 0.229 e.